The molecule has 0 aliphatic heterocycles. The predicted octanol–water partition coefficient (Wildman–Crippen LogP) is 16.5. The van der Waals surface area contributed by atoms with Gasteiger partial charge in [0.25, 0.3) is 0 Å². The number of fused-ring (bicyclic) bond motifs is 2. The maximum atomic E-state index is 6.61. The minimum atomic E-state index is 0.813. The molecule has 0 N–H and O–H groups in total. The Balaban J connectivity index is 1.32. The van der Waals surface area contributed by atoms with Crippen molar-refractivity contribution in [1.82, 2.24) is 0 Å². The van der Waals surface area contributed by atoms with Crippen molar-refractivity contribution in [3.8, 4) is 11.5 Å². The van der Waals surface area contributed by atoms with Gasteiger partial charge in [-0.1, -0.05) is 181 Å². The third kappa shape index (κ3) is 16.2. The minimum Gasteiger partial charge on any atom is -0.491 e. The molecule has 0 saturated heterocycles. The fourth-order valence-corrected chi connectivity index (χ4v) is 9.22. The molecule has 0 saturated carbocycles. The Hall–Kier alpha value is -1.26. The van der Waals surface area contributed by atoms with E-state index in [0.29, 0.717) is 0 Å². The summed E-state index contributed by atoms with van der Waals surface area (Å²) in [5.41, 5.74) is 0. The molecule has 3 aromatic rings. The van der Waals surface area contributed by atoms with Crippen LogP contribution in [0.2, 0.25) is 0 Å². The van der Waals surface area contributed by atoms with Crippen molar-refractivity contribution in [3.05, 3.63) is 21.9 Å². The molecule has 0 radical (unpaired) electrons. The van der Waals surface area contributed by atoms with Gasteiger partial charge in [-0.2, -0.15) is 0 Å². The van der Waals surface area contributed by atoms with Crippen molar-refractivity contribution in [2.45, 2.75) is 207 Å². The lowest BCUT2D eigenvalue weighted by Gasteiger charge is -2.14. The van der Waals surface area contributed by atoms with Crippen LogP contribution in [0.25, 0.3) is 20.2 Å². The number of hydrogen-bond donors (Lipinski definition) is 0. The predicted molar refractivity (Wildman–Crippen MR) is 218 cm³/mol. The summed E-state index contributed by atoms with van der Waals surface area (Å²) in [6.07, 6.45) is 38.8. The maximum Gasteiger partial charge on any atom is 0.146 e. The van der Waals surface area contributed by atoms with Gasteiger partial charge in [-0.3, -0.25) is 0 Å². The Labute approximate surface area is 305 Å². The molecular weight excluding hydrogens is 625 g/mol. The fraction of sp³-hybridized carbons (Fsp3) is 0.773. The SMILES string of the molecule is CCCCCCCCCCCCCCCCOc1c2cc(C)sc2c(OCCCCCCCCCCCCCCCC)c2cc(C)sc12. The Kier molecular flexibility index (Phi) is 22.8. The van der Waals surface area contributed by atoms with Crippen LogP contribution in [0.1, 0.15) is 203 Å². The first-order chi connectivity index (χ1) is 23.7. The van der Waals surface area contributed by atoms with Crippen LogP contribution in [0.15, 0.2) is 12.1 Å². The van der Waals surface area contributed by atoms with Gasteiger partial charge in [0.15, 0.2) is 0 Å². The molecule has 0 atom stereocenters. The molecule has 0 spiro atoms. The van der Waals surface area contributed by atoms with Crippen LogP contribution in [0.4, 0.5) is 0 Å². The number of aryl methyl sites for hydroxylation is 2. The monoisotopic (exact) mass is 699 g/mol. The van der Waals surface area contributed by atoms with Crippen molar-refractivity contribution >= 4 is 42.8 Å². The van der Waals surface area contributed by atoms with E-state index in [1.165, 1.54) is 197 Å². The molecule has 2 heterocycles. The summed E-state index contributed by atoms with van der Waals surface area (Å²) in [4.78, 5) is 2.67. The molecule has 2 nitrogen and oxygen atoms in total. The van der Waals surface area contributed by atoms with E-state index in [2.05, 4.69) is 39.8 Å². The molecule has 0 aliphatic rings. The molecule has 3 rings (SSSR count). The lowest BCUT2D eigenvalue weighted by molar-refractivity contribution is 0.307. The Morgan fingerprint density at radius 3 is 0.896 bits per heavy atom. The van der Waals surface area contributed by atoms with Crippen LogP contribution in [0.5, 0.6) is 11.5 Å². The molecule has 0 bridgehead atoms. The van der Waals surface area contributed by atoms with Crippen molar-refractivity contribution in [3.63, 3.8) is 0 Å². The van der Waals surface area contributed by atoms with Crippen LogP contribution < -0.4 is 9.47 Å². The number of ether oxygens (including phenoxy) is 2. The van der Waals surface area contributed by atoms with E-state index in [9.17, 15) is 0 Å². The van der Waals surface area contributed by atoms with E-state index in [1.54, 1.807) is 0 Å². The zero-order valence-corrected chi connectivity index (χ0v) is 33.6. The van der Waals surface area contributed by atoms with Crippen LogP contribution in [-0.2, 0) is 0 Å². The van der Waals surface area contributed by atoms with Gasteiger partial charge in [-0.25, -0.2) is 0 Å². The number of benzene rings is 1. The normalized spacial score (nSPS) is 11.8. The standard InChI is InChI=1S/C44H74O2S2/c1-5-7-9-11-13-15-17-19-21-23-25-27-29-31-33-45-41-39-35-37(3)48-44(39)42(40-36-38(4)47-43(40)41)46-34-32-30-28-26-24-22-20-18-16-14-12-10-8-6-2/h35-36H,5-34H2,1-4H3. The number of thiophene rings is 2. The van der Waals surface area contributed by atoms with Crippen LogP contribution >= 0.6 is 22.7 Å². The number of rotatable bonds is 32. The molecule has 4 heteroatoms. The van der Waals surface area contributed by atoms with Crippen LogP contribution in [-0.4, -0.2) is 13.2 Å². The summed E-state index contributed by atoms with van der Waals surface area (Å²) in [6, 6.07) is 4.66. The first kappa shape index (κ1) is 41.2. The summed E-state index contributed by atoms with van der Waals surface area (Å²) in [7, 11) is 0. The van der Waals surface area contributed by atoms with Crippen molar-refractivity contribution < 1.29 is 9.47 Å². The molecule has 0 amide bonds. The van der Waals surface area contributed by atoms with Gasteiger partial charge < -0.3 is 9.47 Å². The maximum absolute atomic E-state index is 6.61. The average molecular weight is 699 g/mol. The lowest BCUT2D eigenvalue weighted by Crippen LogP contribution is -2.00. The zero-order chi connectivity index (χ0) is 34.1. The Bertz CT molecular complexity index is 1060. The van der Waals surface area contributed by atoms with E-state index in [0.717, 1.165) is 37.6 Å². The molecule has 48 heavy (non-hydrogen) atoms. The van der Waals surface area contributed by atoms with E-state index in [4.69, 9.17) is 9.47 Å². The van der Waals surface area contributed by atoms with E-state index < -0.39 is 0 Å². The fourth-order valence-electron chi connectivity index (χ4n) is 7.18. The second-order valence-corrected chi connectivity index (χ2v) is 17.3. The summed E-state index contributed by atoms with van der Waals surface area (Å²) in [5.74, 6) is 2.20. The van der Waals surface area contributed by atoms with E-state index in [1.807, 2.05) is 22.7 Å². The molecular formula is C44H74O2S2. The average Bonchev–Trinajstić information content (AvgIpc) is 3.66. The van der Waals surface area contributed by atoms with Crippen molar-refractivity contribution in [1.29, 1.82) is 0 Å². The summed E-state index contributed by atoms with van der Waals surface area (Å²) in [5, 5.41) is 2.52. The van der Waals surface area contributed by atoms with Gasteiger partial charge in [0.2, 0.25) is 0 Å². The molecule has 0 unspecified atom stereocenters. The highest BCUT2D eigenvalue weighted by atomic mass is 32.1. The second-order valence-electron chi connectivity index (χ2n) is 14.7. The second kappa shape index (κ2) is 26.5. The van der Waals surface area contributed by atoms with E-state index in [-0.39, 0.29) is 0 Å². The third-order valence-corrected chi connectivity index (χ3v) is 12.2. The molecule has 1 aromatic carbocycles. The first-order valence-electron chi connectivity index (χ1n) is 20.9. The van der Waals surface area contributed by atoms with Crippen molar-refractivity contribution in [2.24, 2.45) is 0 Å². The quantitative estimate of drug-likeness (QED) is 0.0604. The van der Waals surface area contributed by atoms with Crippen molar-refractivity contribution in [2.75, 3.05) is 13.2 Å². The summed E-state index contributed by atoms with van der Waals surface area (Å²) in [6.45, 7) is 10.7. The van der Waals surface area contributed by atoms with Gasteiger partial charge in [0, 0.05) is 20.5 Å². The van der Waals surface area contributed by atoms with Crippen LogP contribution in [0, 0.1) is 13.8 Å². The van der Waals surface area contributed by atoms with Gasteiger partial charge >= 0.3 is 0 Å². The van der Waals surface area contributed by atoms with Gasteiger partial charge in [0.1, 0.15) is 11.5 Å². The zero-order valence-electron chi connectivity index (χ0n) is 32.0. The lowest BCUT2D eigenvalue weighted by atomic mass is 10.0. The smallest absolute Gasteiger partial charge is 0.146 e. The Morgan fingerprint density at radius 1 is 0.375 bits per heavy atom. The largest absolute Gasteiger partial charge is 0.491 e. The summed E-state index contributed by atoms with van der Waals surface area (Å²) >= 11 is 3.74. The first-order valence-corrected chi connectivity index (χ1v) is 22.5. The highest BCUT2D eigenvalue weighted by molar-refractivity contribution is 7.21. The van der Waals surface area contributed by atoms with Crippen LogP contribution in [0.3, 0.4) is 0 Å². The molecule has 2 aromatic heterocycles. The molecule has 0 aliphatic carbocycles. The third-order valence-electron chi connectivity index (χ3n) is 10.1. The number of hydrogen-bond acceptors (Lipinski definition) is 4. The van der Waals surface area contributed by atoms with Gasteiger partial charge in [-0.05, 0) is 38.8 Å². The highest BCUT2D eigenvalue weighted by Crippen LogP contribution is 2.49. The molecule has 274 valence electrons. The topological polar surface area (TPSA) is 18.5 Å². The highest BCUT2D eigenvalue weighted by Gasteiger charge is 2.20. The number of unbranched alkanes of at least 4 members (excludes halogenated alkanes) is 26. The molecule has 0 fully saturated rings. The summed E-state index contributed by atoms with van der Waals surface area (Å²) < 4.78 is 15.8. The van der Waals surface area contributed by atoms with E-state index >= 15 is 0 Å². The van der Waals surface area contributed by atoms with Gasteiger partial charge in [-0.15, -0.1) is 22.7 Å². The Morgan fingerprint density at radius 2 is 0.625 bits per heavy atom. The minimum absolute atomic E-state index is 0.813. The van der Waals surface area contributed by atoms with Gasteiger partial charge in [0.05, 0.1) is 22.6 Å².